The molecule has 2 saturated heterocycles. The van der Waals surface area contributed by atoms with Crippen LogP contribution in [0.4, 0.5) is 9.59 Å². The third kappa shape index (κ3) is 3.82. The van der Waals surface area contributed by atoms with Crippen LogP contribution < -0.4 is 5.32 Å². The van der Waals surface area contributed by atoms with Crippen molar-refractivity contribution >= 4 is 12.2 Å². The molecule has 13 atom stereocenters. The molecular formula is C36H58N2O6. The van der Waals surface area contributed by atoms with Crippen LogP contribution in [0.5, 0.6) is 0 Å². The van der Waals surface area contributed by atoms with E-state index < -0.39 is 12.2 Å². The first-order chi connectivity index (χ1) is 20.7. The fourth-order valence-electron chi connectivity index (χ4n) is 13.3. The number of alkyl carbamates (subject to hydrolysis) is 1. The molecule has 0 aromatic heterocycles. The van der Waals surface area contributed by atoms with E-state index in [1.807, 2.05) is 4.90 Å². The van der Waals surface area contributed by atoms with Crippen molar-refractivity contribution in [1.29, 1.82) is 0 Å². The second kappa shape index (κ2) is 9.98. The number of ether oxygens (including phenoxy) is 3. The Morgan fingerprint density at radius 2 is 1.68 bits per heavy atom. The molecule has 8 nitrogen and oxygen atoms in total. The van der Waals surface area contributed by atoms with Crippen LogP contribution in [0.2, 0.25) is 0 Å². The highest BCUT2D eigenvalue weighted by Crippen LogP contribution is 2.89. The van der Waals surface area contributed by atoms with Crippen molar-refractivity contribution in [3.63, 3.8) is 0 Å². The summed E-state index contributed by atoms with van der Waals surface area (Å²) in [4.78, 5) is 27.0. The largest absolute Gasteiger partial charge is 0.446 e. The van der Waals surface area contributed by atoms with Crippen molar-refractivity contribution < 1.29 is 28.9 Å². The first-order valence-electron chi connectivity index (χ1n) is 17.9. The average Bonchev–Trinajstić information content (AvgIpc) is 3.56. The standard InChI is InChI=1S/C36H58N2O6/c1-20(2)27(44-30(40)37-8)22-18-21(3)26-28(42-22)29(39)34(7)24-11-10-23-32(4,5)25(43-31(41)38-16-9-17-38)12-13-35(23)19-36(24,35)15-14-33(26,34)6/h20-29,39H,9-19H2,1-8H3,(H,37,40)/t21-,22-,23+,24+,25+,26+,27-,28+,29+,33-,34-,35?,36+/m1/s1. The van der Waals surface area contributed by atoms with Crippen LogP contribution in [0.15, 0.2) is 0 Å². The molecule has 5 saturated carbocycles. The maximum Gasteiger partial charge on any atom is 0.410 e. The maximum absolute atomic E-state index is 12.9. The average molecular weight is 615 g/mol. The molecule has 2 amide bonds. The highest BCUT2D eigenvalue weighted by atomic mass is 16.6. The minimum atomic E-state index is -0.547. The first-order valence-corrected chi connectivity index (χ1v) is 17.9. The van der Waals surface area contributed by atoms with E-state index in [0.717, 1.165) is 58.0 Å². The highest BCUT2D eigenvalue weighted by molar-refractivity contribution is 5.68. The minimum absolute atomic E-state index is 0.0115. The molecule has 5 aliphatic carbocycles. The van der Waals surface area contributed by atoms with Gasteiger partial charge in [-0.05, 0) is 104 Å². The Hall–Kier alpha value is -1.54. The topological polar surface area (TPSA) is 97.3 Å². The molecular weight excluding hydrogens is 556 g/mol. The van der Waals surface area contributed by atoms with Crippen LogP contribution in [0.1, 0.15) is 106 Å². The molecule has 7 fully saturated rings. The summed E-state index contributed by atoms with van der Waals surface area (Å²) in [5, 5.41) is 15.1. The molecule has 0 aromatic rings. The van der Waals surface area contributed by atoms with Crippen LogP contribution in [0, 0.1) is 56.7 Å². The van der Waals surface area contributed by atoms with Gasteiger partial charge in [-0.25, -0.2) is 9.59 Å². The zero-order valence-electron chi connectivity index (χ0n) is 28.5. The van der Waals surface area contributed by atoms with E-state index in [1.165, 1.54) is 12.8 Å². The number of likely N-dealkylation sites (tertiary alicyclic amines) is 1. The first kappa shape index (κ1) is 31.1. The number of nitrogens with one attached hydrogen (secondary N) is 1. The second-order valence-corrected chi connectivity index (χ2v) is 17.6. The van der Waals surface area contributed by atoms with Crippen LogP contribution >= 0.6 is 0 Å². The molecule has 2 heterocycles. The van der Waals surface area contributed by atoms with Gasteiger partial charge in [-0.3, -0.25) is 0 Å². The van der Waals surface area contributed by atoms with E-state index in [-0.39, 0.29) is 69.4 Å². The van der Waals surface area contributed by atoms with Crippen molar-refractivity contribution in [3.05, 3.63) is 0 Å². The lowest BCUT2D eigenvalue weighted by Gasteiger charge is -2.63. The number of aliphatic hydroxyl groups excluding tert-OH is 1. The Balaban J connectivity index is 1.15. The van der Waals surface area contributed by atoms with Crippen LogP contribution in [-0.4, -0.2) is 72.8 Å². The lowest BCUT2D eigenvalue weighted by atomic mass is 9.41. The Labute approximate surface area is 264 Å². The molecule has 2 spiro atoms. The summed E-state index contributed by atoms with van der Waals surface area (Å²) in [5.41, 5.74) is 0.239. The zero-order chi connectivity index (χ0) is 31.6. The molecule has 0 radical (unpaired) electrons. The fourth-order valence-corrected chi connectivity index (χ4v) is 13.3. The van der Waals surface area contributed by atoms with E-state index >= 15 is 0 Å². The number of carbonyl (C=O) groups is 2. The minimum Gasteiger partial charge on any atom is -0.446 e. The number of nitrogens with zero attached hydrogens (tertiary/aromatic N) is 1. The summed E-state index contributed by atoms with van der Waals surface area (Å²) in [6.07, 6.45) is 7.94. The SMILES string of the molecule is CNC(=O)O[C@H](C(C)C)[C@H]1C[C@@H](C)[C@H]2[C@H](O1)[C@H](O)[C@@]1(C)[C@@H]3CC[C@H]4C(C)(C)[C@@H](OC(=O)N5CCC5)CCC45C[C@@]35CC[C@]21C. The van der Waals surface area contributed by atoms with Crippen molar-refractivity contribution in [2.75, 3.05) is 20.1 Å². The fraction of sp³-hybridized carbons (Fsp3) is 0.944. The molecule has 2 N–H and O–H groups in total. The van der Waals surface area contributed by atoms with Gasteiger partial charge in [-0.1, -0.05) is 48.5 Å². The smallest absolute Gasteiger partial charge is 0.410 e. The number of aliphatic hydroxyl groups is 1. The molecule has 1 unspecified atom stereocenters. The summed E-state index contributed by atoms with van der Waals surface area (Å²) in [6.45, 7) is 17.8. The molecule has 0 aromatic carbocycles. The van der Waals surface area contributed by atoms with Gasteiger partial charge in [0, 0.05) is 31.0 Å². The monoisotopic (exact) mass is 614 g/mol. The van der Waals surface area contributed by atoms with E-state index in [9.17, 15) is 14.7 Å². The van der Waals surface area contributed by atoms with E-state index in [0.29, 0.717) is 17.8 Å². The van der Waals surface area contributed by atoms with Crippen LogP contribution in [0.3, 0.4) is 0 Å². The molecule has 7 aliphatic rings. The normalized spacial score (nSPS) is 50.5. The molecule has 7 rings (SSSR count). The Morgan fingerprint density at radius 1 is 1.00 bits per heavy atom. The maximum atomic E-state index is 12.9. The van der Waals surface area contributed by atoms with E-state index in [1.54, 1.807) is 7.05 Å². The number of fused-ring (bicyclic) bond motifs is 4. The number of hydrogen-bond acceptors (Lipinski definition) is 6. The van der Waals surface area contributed by atoms with Gasteiger partial charge in [0.2, 0.25) is 0 Å². The summed E-state index contributed by atoms with van der Waals surface area (Å²) in [6, 6.07) is 0. The highest BCUT2D eigenvalue weighted by Gasteiger charge is 2.84. The second-order valence-electron chi connectivity index (χ2n) is 17.6. The Morgan fingerprint density at radius 3 is 2.32 bits per heavy atom. The third-order valence-electron chi connectivity index (χ3n) is 15.6. The van der Waals surface area contributed by atoms with Gasteiger partial charge < -0.3 is 29.5 Å². The predicted octanol–water partition coefficient (Wildman–Crippen LogP) is 6.39. The van der Waals surface area contributed by atoms with Crippen molar-refractivity contribution in [1.82, 2.24) is 10.2 Å². The molecule has 44 heavy (non-hydrogen) atoms. The summed E-state index contributed by atoms with van der Waals surface area (Å²) >= 11 is 0. The third-order valence-corrected chi connectivity index (χ3v) is 15.6. The zero-order valence-corrected chi connectivity index (χ0v) is 28.5. The Kier molecular flexibility index (Phi) is 7.05. The number of rotatable bonds is 4. The van der Waals surface area contributed by atoms with Crippen molar-refractivity contribution in [3.8, 4) is 0 Å². The number of carbonyl (C=O) groups excluding carboxylic acids is 2. The molecule has 2 aliphatic heterocycles. The lowest BCUT2D eigenvalue weighted by molar-refractivity contribution is -0.185. The number of hydrogen-bond donors (Lipinski definition) is 2. The quantitative estimate of drug-likeness (QED) is 0.381. The van der Waals surface area contributed by atoms with Gasteiger partial charge >= 0.3 is 12.2 Å². The van der Waals surface area contributed by atoms with E-state index in [2.05, 4.69) is 53.8 Å². The summed E-state index contributed by atoms with van der Waals surface area (Å²) in [7, 11) is 1.59. The Bertz CT molecular complexity index is 1190. The van der Waals surface area contributed by atoms with Gasteiger partial charge in [0.05, 0.1) is 18.3 Å². The van der Waals surface area contributed by atoms with Gasteiger partial charge in [0.25, 0.3) is 0 Å². The summed E-state index contributed by atoms with van der Waals surface area (Å²) in [5.74, 6) is 1.75. The molecule has 248 valence electrons. The van der Waals surface area contributed by atoms with Crippen molar-refractivity contribution in [2.45, 2.75) is 137 Å². The van der Waals surface area contributed by atoms with Crippen LogP contribution in [-0.2, 0) is 14.2 Å². The van der Waals surface area contributed by atoms with Gasteiger partial charge in [0.15, 0.2) is 0 Å². The lowest BCUT2D eigenvalue weighted by Crippen LogP contribution is -2.60. The van der Waals surface area contributed by atoms with Gasteiger partial charge in [0.1, 0.15) is 12.2 Å². The van der Waals surface area contributed by atoms with E-state index in [4.69, 9.17) is 14.2 Å². The van der Waals surface area contributed by atoms with Crippen molar-refractivity contribution in [2.24, 2.45) is 56.7 Å². The number of amides is 2. The summed E-state index contributed by atoms with van der Waals surface area (Å²) < 4.78 is 19.0. The predicted molar refractivity (Wildman–Crippen MR) is 167 cm³/mol. The van der Waals surface area contributed by atoms with Gasteiger partial charge in [-0.15, -0.1) is 0 Å². The van der Waals surface area contributed by atoms with Crippen LogP contribution in [0.25, 0.3) is 0 Å². The molecule has 0 bridgehead atoms. The van der Waals surface area contributed by atoms with Gasteiger partial charge in [-0.2, -0.15) is 0 Å². The molecule has 8 heteroatoms.